The number of amides is 2. The average molecular weight is 451 g/mol. The molecule has 9 heteroatoms. The van der Waals surface area contributed by atoms with Gasteiger partial charge in [0.2, 0.25) is 0 Å². The summed E-state index contributed by atoms with van der Waals surface area (Å²) in [6.07, 6.45) is 1.81. The maximum absolute atomic E-state index is 13.5. The first kappa shape index (κ1) is 21.6. The van der Waals surface area contributed by atoms with Crippen molar-refractivity contribution in [2.24, 2.45) is 0 Å². The van der Waals surface area contributed by atoms with Crippen LogP contribution in [-0.2, 0) is 4.79 Å². The Morgan fingerprint density at radius 3 is 2.58 bits per heavy atom. The highest BCUT2D eigenvalue weighted by Crippen LogP contribution is 2.47. The molecule has 2 amide bonds. The summed E-state index contributed by atoms with van der Waals surface area (Å²) < 4.78 is 24.2. The van der Waals surface area contributed by atoms with Crippen LogP contribution in [-0.4, -0.2) is 40.7 Å². The third kappa shape index (κ3) is 4.41. The summed E-state index contributed by atoms with van der Waals surface area (Å²) in [6.45, 7) is 1.46. The van der Waals surface area contributed by atoms with Gasteiger partial charge in [-0.3, -0.25) is 9.59 Å². The molecule has 3 aliphatic rings. The molecule has 0 unspecified atom stereocenters. The summed E-state index contributed by atoms with van der Waals surface area (Å²) >= 11 is 5.64. The largest absolute Gasteiger partial charge is 0.484 e. The van der Waals surface area contributed by atoms with Gasteiger partial charge in [-0.1, -0.05) is 11.6 Å². The molecule has 1 aromatic heterocycles. The fraction of sp³-hybridized carbons (Fsp3) is 0.455. The van der Waals surface area contributed by atoms with Crippen molar-refractivity contribution < 1.29 is 28.2 Å². The molecule has 3 fully saturated rings. The maximum Gasteiger partial charge on any atom is 0.287 e. The standard InChI is InChI=1S/C22H24ClFN2O5/c1-13-2-5-17(31-13)20(29)26-21-6-8-22(9-7-21,18(27)11-21)25-19(28)12-30-14-3-4-15(23)16(24)10-14/h2-5,10,18,27H,6-9,11-12H2,1H3,(H,25,28)(H,26,29)/t18-,21?,22?/m0/s1. The van der Waals surface area contributed by atoms with Crippen LogP contribution in [0.3, 0.4) is 0 Å². The van der Waals surface area contributed by atoms with E-state index in [9.17, 15) is 19.1 Å². The Morgan fingerprint density at radius 2 is 1.97 bits per heavy atom. The highest BCUT2D eigenvalue weighted by molar-refractivity contribution is 6.30. The molecule has 1 aromatic carbocycles. The van der Waals surface area contributed by atoms with Gasteiger partial charge in [-0.25, -0.2) is 4.39 Å². The van der Waals surface area contributed by atoms with E-state index in [1.807, 2.05) is 0 Å². The molecule has 166 valence electrons. The molecular weight excluding hydrogens is 427 g/mol. The van der Waals surface area contributed by atoms with Crippen molar-refractivity contribution in [1.29, 1.82) is 0 Å². The number of carbonyl (C=O) groups is 2. The van der Waals surface area contributed by atoms with Crippen LogP contribution < -0.4 is 15.4 Å². The number of hydrogen-bond donors (Lipinski definition) is 3. The fourth-order valence-electron chi connectivity index (χ4n) is 4.55. The van der Waals surface area contributed by atoms with Crippen molar-refractivity contribution in [3.63, 3.8) is 0 Å². The van der Waals surface area contributed by atoms with Crippen LogP contribution in [0.15, 0.2) is 34.7 Å². The van der Waals surface area contributed by atoms with Gasteiger partial charge < -0.3 is 24.9 Å². The second-order valence-electron chi connectivity index (χ2n) is 8.43. The molecule has 0 aliphatic heterocycles. The molecule has 31 heavy (non-hydrogen) atoms. The molecule has 1 heterocycles. The zero-order valence-electron chi connectivity index (χ0n) is 17.0. The number of carbonyl (C=O) groups excluding carboxylic acids is 2. The van der Waals surface area contributed by atoms with E-state index < -0.39 is 28.9 Å². The molecule has 3 aliphatic carbocycles. The van der Waals surface area contributed by atoms with Crippen LogP contribution in [0.5, 0.6) is 5.75 Å². The lowest BCUT2D eigenvalue weighted by Gasteiger charge is -2.56. The lowest BCUT2D eigenvalue weighted by Crippen LogP contribution is -2.70. The molecule has 0 radical (unpaired) electrons. The highest BCUT2D eigenvalue weighted by Gasteiger charge is 2.55. The third-order valence-corrected chi connectivity index (χ3v) is 6.62. The molecule has 2 aromatic rings. The number of halogens is 2. The number of aliphatic hydroxyl groups excluding tert-OH is 1. The Balaban J connectivity index is 1.34. The first-order chi connectivity index (χ1) is 14.7. The molecule has 1 atom stereocenters. The van der Waals surface area contributed by atoms with Crippen LogP contribution in [0.25, 0.3) is 0 Å². The van der Waals surface area contributed by atoms with Crippen molar-refractivity contribution >= 4 is 23.4 Å². The summed E-state index contributed by atoms with van der Waals surface area (Å²) in [5, 5.41) is 16.7. The van der Waals surface area contributed by atoms with Gasteiger partial charge in [-0.2, -0.15) is 0 Å². The number of furan rings is 1. The quantitative estimate of drug-likeness (QED) is 0.627. The van der Waals surface area contributed by atoms with E-state index in [0.29, 0.717) is 37.9 Å². The van der Waals surface area contributed by atoms with Crippen LogP contribution >= 0.6 is 11.6 Å². The minimum atomic E-state index is -0.814. The topological polar surface area (TPSA) is 101 Å². The Bertz CT molecular complexity index is 1000. The molecule has 3 N–H and O–H groups in total. The Hall–Kier alpha value is -2.58. The minimum Gasteiger partial charge on any atom is -0.484 e. The van der Waals surface area contributed by atoms with Gasteiger partial charge in [0, 0.05) is 11.6 Å². The number of rotatable bonds is 6. The van der Waals surface area contributed by atoms with Crippen molar-refractivity contribution in [3.8, 4) is 5.75 Å². The SMILES string of the molecule is Cc1ccc(C(=O)NC23CCC(NC(=O)COc4ccc(Cl)c(F)c4)(CC2)[C@@H](O)C3)o1. The molecule has 2 bridgehead atoms. The Labute approximate surface area is 183 Å². The van der Waals surface area contributed by atoms with Crippen LogP contribution in [0.1, 0.15) is 48.4 Å². The number of benzene rings is 1. The zero-order chi connectivity index (χ0) is 22.2. The van der Waals surface area contributed by atoms with Gasteiger partial charge >= 0.3 is 0 Å². The van der Waals surface area contributed by atoms with Crippen molar-refractivity contribution in [1.82, 2.24) is 10.6 Å². The van der Waals surface area contributed by atoms with E-state index >= 15 is 0 Å². The van der Waals surface area contributed by atoms with Gasteiger partial charge in [-0.15, -0.1) is 0 Å². The second kappa shape index (κ2) is 8.16. The lowest BCUT2D eigenvalue weighted by molar-refractivity contribution is -0.132. The van der Waals surface area contributed by atoms with Crippen molar-refractivity contribution in [3.05, 3.63) is 52.7 Å². The van der Waals surface area contributed by atoms with Gasteiger partial charge in [0.05, 0.1) is 16.7 Å². The predicted octanol–water partition coefficient (Wildman–Crippen LogP) is 3.12. The minimum absolute atomic E-state index is 0.0269. The highest BCUT2D eigenvalue weighted by atomic mass is 35.5. The third-order valence-electron chi connectivity index (χ3n) is 6.31. The van der Waals surface area contributed by atoms with E-state index in [0.717, 1.165) is 6.07 Å². The number of aliphatic hydroxyl groups is 1. The summed E-state index contributed by atoms with van der Waals surface area (Å²) in [5.41, 5.74) is -1.29. The smallest absolute Gasteiger partial charge is 0.287 e. The van der Waals surface area contributed by atoms with Gasteiger partial charge in [-0.05, 0) is 63.3 Å². The maximum atomic E-state index is 13.5. The fourth-order valence-corrected chi connectivity index (χ4v) is 4.67. The summed E-state index contributed by atoms with van der Waals surface area (Å²) in [5.74, 6) is -0.247. The number of hydrogen-bond acceptors (Lipinski definition) is 5. The molecule has 3 saturated carbocycles. The van der Waals surface area contributed by atoms with E-state index in [1.54, 1.807) is 19.1 Å². The number of ether oxygens (including phenoxy) is 1. The number of fused-ring (bicyclic) bond motifs is 3. The monoisotopic (exact) mass is 450 g/mol. The first-order valence-corrected chi connectivity index (χ1v) is 10.5. The van der Waals surface area contributed by atoms with E-state index in [-0.39, 0.29) is 29.0 Å². The predicted molar refractivity (Wildman–Crippen MR) is 111 cm³/mol. The summed E-state index contributed by atoms with van der Waals surface area (Å²) in [7, 11) is 0. The molecule has 7 nitrogen and oxygen atoms in total. The van der Waals surface area contributed by atoms with Crippen LogP contribution in [0.4, 0.5) is 4.39 Å². The van der Waals surface area contributed by atoms with Crippen molar-refractivity contribution in [2.75, 3.05) is 6.61 Å². The second-order valence-corrected chi connectivity index (χ2v) is 8.84. The summed E-state index contributed by atoms with van der Waals surface area (Å²) in [6, 6.07) is 7.30. The van der Waals surface area contributed by atoms with Crippen LogP contribution in [0.2, 0.25) is 5.02 Å². The molecule has 0 saturated heterocycles. The normalized spacial score (nSPS) is 27.0. The lowest BCUT2D eigenvalue weighted by atomic mass is 9.60. The molecule has 5 rings (SSSR count). The average Bonchev–Trinajstić information content (AvgIpc) is 3.17. The van der Waals surface area contributed by atoms with E-state index in [1.165, 1.54) is 12.1 Å². The van der Waals surface area contributed by atoms with E-state index in [4.69, 9.17) is 20.8 Å². The van der Waals surface area contributed by atoms with Gasteiger partial charge in [0.1, 0.15) is 17.3 Å². The van der Waals surface area contributed by atoms with E-state index in [2.05, 4.69) is 10.6 Å². The Kier molecular flexibility index (Phi) is 5.70. The van der Waals surface area contributed by atoms with Gasteiger partial charge in [0.15, 0.2) is 12.4 Å². The van der Waals surface area contributed by atoms with Crippen LogP contribution in [0, 0.1) is 12.7 Å². The Morgan fingerprint density at radius 1 is 1.23 bits per heavy atom. The number of aryl methyl sites for hydroxylation is 1. The molecule has 0 spiro atoms. The molecular formula is C22H24ClFN2O5. The van der Waals surface area contributed by atoms with Gasteiger partial charge in [0.25, 0.3) is 11.8 Å². The first-order valence-electron chi connectivity index (χ1n) is 10.2. The number of nitrogens with one attached hydrogen (secondary N) is 2. The zero-order valence-corrected chi connectivity index (χ0v) is 17.8. The van der Waals surface area contributed by atoms with Crippen molar-refractivity contribution in [2.45, 2.75) is 56.2 Å². The summed E-state index contributed by atoms with van der Waals surface area (Å²) in [4.78, 5) is 25.0.